The molecule has 0 unspecified atom stereocenters. The van der Waals surface area contributed by atoms with Crippen molar-refractivity contribution in [1.82, 2.24) is 14.5 Å². The molecule has 0 radical (unpaired) electrons. The van der Waals surface area contributed by atoms with Crippen molar-refractivity contribution in [1.29, 1.82) is 0 Å². The maximum absolute atomic E-state index is 12.1. The van der Waals surface area contributed by atoms with Crippen LogP contribution >= 0.6 is 0 Å². The van der Waals surface area contributed by atoms with E-state index < -0.39 is 0 Å². The number of carbonyl (C=O) groups is 1. The normalized spacial score (nSPS) is 16.3. The maximum atomic E-state index is 12.1. The molecule has 1 aliphatic rings. The number of hydrogen-bond donors (Lipinski definition) is 1. The number of aromatic nitrogens is 2. The first kappa shape index (κ1) is 14.5. The summed E-state index contributed by atoms with van der Waals surface area (Å²) in [4.78, 5) is 17.9. The van der Waals surface area contributed by atoms with Crippen molar-refractivity contribution in [2.24, 2.45) is 0 Å². The van der Waals surface area contributed by atoms with Crippen LogP contribution in [0.5, 0.6) is 0 Å². The van der Waals surface area contributed by atoms with E-state index in [2.05, 4.69) is 4.98 Å². The summed E-state index contributed by atoms with van der Waals surface area (Å²) in [6, 6.07) is 7.92. The SMILES string of the molecule is O=C(C=Cc1ccc(-n2ccnc2)cc1)N1CCC(O)CC1. The molecule has 0 saturated carbocycles. The minimum atomic E-state index is -0.260. The topological polar surface area (TPSA) is 58.4 Å². The van der Waals surface area contributed by atoms with Gasteiger partial charge in [0.2, 0.25) is 5.91 Å². The highest BCUT2D eigenvalue weighted by Crippen LogP contribution is 2.13. The third-order valence-corrected chi connectivity index (χ3v) is 3.89. The van der Waals surface area contributed by atoms with Crippen molar-refractivity contribution in [3.05, 3.63) is 54.6 Å². The van der Waals surface area contributed by atoms with E-state index in [0.717, 1.165) is 11.3 Å². The first-order chi connectivity index (χ1) is 10.7. The Labute approximate surface area is 129 Å². The zero-order chi connectivity index (χ0) is 15.4. The molecule has 114 valence electrons. The van der Waals surface area contributed by atoms with Gasteiger partial charge < -0.3 is 14.6 Å². The van der Waals surface area contributed by atoms with E-state index in [1.807, 2.05) is 41.1 Å². The van der Waals surface area contributed by atoms with E-state index in [9.17, 15) is 9.90 Å². The van der Waals surface area contributed by atoms with Gasteiger partial charge in [0, 0.05) is 37.2 Å². The Bertz CT molecular complexity index is 639. The molecule has 1 saturated heterocycles. The summed E-state index contributed by atoms with van der Waals surface area (Å²) in [5, 5.41) is 9.46. The lowest BCUT2D eigenvalue weighted by molar-refractivity contribution is -0.127. The number of amides is 1. The molecule has 22 heavy (non-hydrogen) atoms. The standard InChI is InChI=1S/C17H19N3O2/c21-16-7-10-19(11-8-16)17(22)6-3-14-1-4-15(5-2-14)20-12-9-18-13-20/h1-6,9,12-13,16,21H,7-8,10-11H2. The van der Waals surface area contributed by atoms with Crippen molar-refractivity contribution >= 4 is 12.0 Å². The Morgan fingerprint density at radius 1 is 1.23 bits per heavy atom. The Morgan fingerprint density at radius 3 is 2.59 bits per heavy atom. The second-order valence-corrected chi connectivity index (χ2v) is 5.45. The van der Waals surface area contributed by atoms with E-state index in [1.165, 1.54) is 0 Å². The molecule has 1 aliphatic heterocycles. The summed E-state index contributed by atoms with van der Waals surface area (Å²) in [6.07, 6.45) is 9.87. The third-order valence-electron chi connectivity index (χ3n) is 3.89. The van der Waals surface area contributed by atoms with Crippen LogP contribution in [0.15, 0.2) is 49.1 Å². The number of nitrogens with zero attached hydrogens (tertiary/aromatic N) is 3. The van der Waals surface area contributed by atoms with E-state index in [1.54, 1.807) is 23.5 Å². The Kier molecular flexibility index (Phi) is 4.34. The largest absolute Gasteiger partial charge is 0.393 e. The van der Waals surface area contributed by atoms with Gasteiger partial charge in [0.1, 0.15) is 0 Å². The zero-order valence-electron chi connectivity index (χ0n) is 12.3. The third kappa shape index (κ3) is 3.43. The summed E-state index contributed by atoms with van der Waals surface area (Å²) >= 11 is 0. The molecule has 1 N–H and O–H groups in total. The van der Waals surface area contributed by atoms with Crippen LogP contribution in [0.1, 0.15) is 18.4 Å². The molecule has 0 aliphatic carbocycles. The fourth-order valence-corrected chi connectivity index (χ4v) is 2.53. The highest BCUT2D eigenvalue weighted by atomic mass is 16.3. The van der Waals surface area contributed by atoms with E-state index in [0.29, 0.717) is 25.9 Å². The lowest BCUT2D eigenvalue weighted by Gasteiger charge is -2.28. The van der Waals surface area contributed by atoms with E-state index in [-0.39, 0.29) is 12.0 Å². The van der Waals surface area contributed by atoms with Crippen molar-refractivity contribution in [3.8, 4) is 5.69 Å². The van der Waals surface area contributed by atoms with Gasteiger partial charge >= 0.3 is 0 Å². The first-order valence-electron chi connectivity index (χ1n) is 7.46. The average molecular weight is 297 g/mol. The fraction of sp³-hybridized carbons (Fsp3) is 0.294. The van der Waals surface area contributed by atoms with Crippen LogP contribution in [0.4, 0.5) is 0 Å². The number of carbonyl (C=O) groups excluding carboxylic acids is 1. The van der Waals surface area contributed by atoms with Gasteiger partial charge in [-0.3, -0.25) is 4.79 Å². The second-order valence-electron chi connectivity index (χ2n) is 5.45. The minimum Gasteiger partial charge on any atom is -0.393 e. The lowest BCUT2D eigenvalue weighted by atomic mass is 10.1. The maximum Gasteiger partial charge on any atom is 0.246 e. The van der Waals surface area contributed by atoms with E-state index >= 15 is 0 Å². The molecule has 1 aromatic heterocycles. The van der Waals surface area contributed by atoms with Crippen LogP contribution in [0.25, 0.3) is 11.8 Å². The molecular formula is C17H19N3O2. The van der Waals surface area contributed by atoms with Gasteiger partial charge in [-0.05, 0) is 36.6 Å². The van der Waals surface area contributed by atoms with Gasteiger partial charge in [0.25, 0.3) is 0 Å². The number of aliphatic hydroxyl groups excluding tert-OH is 1. The summed E-state index contributed by atoms with van der Waals surface area (Å²) in [5.41, 5.74) is 2.01. The molecule has 1 aromatic carbocycles. The number of imidazole rings is 1. The molecule has 0 atom stereocenters. The number of likely N-dealkylation sites (tertiary alicyclic amines) is 1. The predicted molar refractivity (Wildman–Crippen MR) is 84.4 cm³/mol. The summed E-state index contributed by atoms with van der Waals surface area (Å²) in [6.45, 7) is 1.26. The smallest absolute Gasteiger partial charge is 0.246 e. The quantitative estimate of drug-likeness (QED) is 0.880. The monoisotopic (exact) mass is 297 g/mol. The summed E-state index contributed by atoms with van der Waals surface area (Å²) in [7, 11) is 0. The van der Waals surface area contributed by atoms with Gasteiger partial charge in [-0.1, -0.05) is 12.1 Å². The molecule has 2 aromatic rings. The molecule has 2 heterocycles. The van der Waals surface area contributed by atoms with Crippen LogP contribution in [0, 0.1) is 0 Å². The second kappa shape index (κ2) is 6.58. The van der Waals surface area contributed by atoms with Gasteiger partial charge in [0.15, 0.2) is 0 Å². The van der Waals surface area contributed by atoms with Crippen molar-refractivity contribution < 1.29 is 9.90 Å². The number of piperidine rings is 1. The molecule has 0 bridgehead atoms. The van der Waals surface area contributed by atoms with Gasteiger partial charge in [-0.25, -0.2) is 4.98 Å². The molecule has 3 rings (SSSR count). The highest BCUT2D eigenvalue weighted by molar-refractivity contribution is 5.91. The minimum absolute atomic E-state index is 0.00517. The lowest BCUT2D eigenvalue weighted by Crippen LogP contribution is -2.39. The summed E-state index contributed by atoms with van der Waals surface area (Å²) in [5.74, 6) is 0.00517. The fourth-order valence-electron chi connectivity index (χ4n) is 2.53. The highest BCUT2D eigenvalue weighted by Gasteiger charge is 2.19. The molecule has 1 fully saturated rings. The van der Waals surface area contributed by atoms with Gasteiger partial charge in [-0.15, -0.1) is 0 Å². The Morgan fingerprint density at radius 2 is 1.95 bits per heavy atom. The molecule has 5 nitrogen and oxygen atoms in total. The summed E-state index contributed by atoms with van der Waals surface area (Å²) < 4.78 is 1.93. The van der Waals surface area contributed by atoms with Crippen LogP contribution in [0.3, 0.4) is 0 Å². The predicted octanol–water partition coefficient (Wildman–Crippen LogP) is 1.87. The van der Waals surface area contributed by atoms with Crippen LogP contribution in [0.2, 0.25) is 0 Å². The van der Waals surface area contributed by atoms with Crippen LogP contribution < -0.4 is 0 Å². The molecule has 1 amide bonds. The van der Waals surface area contributed by atoms with Crippen molar-refractivity contribution in [2.45, 2.75) is 18.9 Å². The molecular weight excluding hydrogens is 278 g/mol. The van der Waals surface area contributed by atoms with Gasteiger partial charge in [0.05, 0.1) is 12.4 Å². The first-order valence-corrected chi connectivity index (χ1v) is 7.46. The Hall–Kier alpha value is -2.40. The average Bonchev–Trinajstić information content (AvgIpc) is 3.08. The number of benzene rings is 1. The van der Waals surface area contributed by atoms with Crippen LogP contribution in [-0.4, -0.2) is 44.7 Å². The van der Waals surface area contributed by atoms with E-state index in [4.69, 9.17) is 0 Å². The van der Waals surface area contributed by atoms with Crippen molar-refractivity contribution in [3.63, 3.8) is 0 Å². The zero-order valence-corrected chi connectivity index (χ0v) is 12.3. The number of hydrogen-bond acceptors (Lipinski definition) is 3. The molecule has 5 heteroatoms. The van der Waals surface area contributed by atoms with Crippen LogP contribution in [-0.2, 0) is 4.79 Å². The number of rotatable bonds is 3. The van der Waals surface area contributed by atoms with Crippen molar-refractivity contribution in [2.75, 3.05) is 13.1 Å². The van der Waals surface area contributed by atoms with Gasteiger partial charge in [-0.2, -0.15) is 0 Å². The Balaban J connectivity index is 1.61. The molecule has 0 spiro atoms. The number of aliphatic hydroxyl groups is 1.